The zero-order chi connectivity index (χ0) is 19.6. The standard InChI is InChI=1S/C20H23N3O4/c1-11(2)15(24)6-13-9-21-20-18(13)23-14(10-22-20)12-7-16(25-3)19(27-5)17(8-12)26-4/h7-11H,6H2,1-5H3,(H,21,22). The van der Waals surface area contributed by atoms with Crippen molar-refractivity contribution in [3.05, 3.63) is 30.1 Å². The summed E-state index contributed by atoms with van der Waals surface area (Å²) in [5.74, 6) is 1.73. The lowest BCUT2D eigenvalue weighted by Gasteiger charge is -2.14. The van der Waals surface area contributed by atoms with Crippen molar-refractivity contribution in [2.45, 2.75) is 20.3 Å². The molecule has 27 heavy (non-hydrogen) atoms. The molecule has 1 N–H and O–H groups in total. The van der Waals surface area contributed by atoms with Crippen LogP contribution in [0.3, 0.4) is 0 Å². The maximum atomic E-state index is 12.1. The summed E-state index contributed by atoms with van der Waals surface area (Å²) >= 11 is 0. The number of ketones is 1. The normalized spacial score (nSPS) is 11.0. The molecule has 0 aliphatic rings. The van der Waals surface area contributed by atoms with Crippen LogP contribution >= 0.6 is 0 Å². The van der Waals surface area contributed by atoms with E-state index in [1.165, 1.54) is 0 Å². The van der Waals surface area contributed by atoms with Gasteiger partial charge in [-0.3, -0.25) is 4.79 Å². The zero-order valence-electron chi connectivity index (χ0n) is 16.1. The first-order chi connectivity index (χ1) is 13.0. The quantitative estimate of drug-likeness (QED) is 0.687. The molecule has 0 bridgehead atoms. The first-order valence-corrected chi connectivity index (χ1v) is 8.64. The SMILES string of the molecule is COc1cc(-c2cnc3[nH]cc(CC(=O)C(C)C)c3n2)cc(OC)c1OC. The van der Waals surface area contributed by atoms with E-state index >= 15 is 0 Å². The molecule has 0 radical (unpaired) electrons. The Kier molecular flexibility index (Phi) is 5.30. The Balaban J connectivity index is 2.08. The second-order valence-electron chi connectivity index (χ2n) is 6.48. The van der Waals surface area contributed by atoms with Gasteiger partial charge in [0.2, 0.25) is 5.75 Å². The maximum Gasteiger partial charge on any atom is 0.203 e. The Hall–Kier alpha value is -3.09. The summed E-state index contributed by atoms with van der Waals surface area (Å²) in [6.07, 6.45) is 3.79. The third-order valence-electron chi connectivity index (χ3n) is 4.43. The van der Waals surface area contributed by atoms with E-state index in [0.29, 0.717) is 40.5 Å². The lowest BCUT2D eigenvalue weighted by molar-refractivity contribution is -0.121. The lowest BCUT2D eigenvalue weighted by atomic mass is 10.0. The number of nitrogens with one attached hydrogen (secondary N) is 1. The Labute approximate surface area is 157 Å². The number of rotatable bonds is 7. The van der Waals surface area contributed by atoms with Gasteiger partial charge in [0.1, 0.15) is 11.3 Å². The van der Waals surface area contributed by atoms with E-state index in [4.69, 9.17) is 19.2 Å². The first kappa shape index (κ1) is 18.7. The van der Waals surface area contributed by atoms with Gasteiger partial charge in [-0.05, 0) is 12.1 Å². The molecule has 0 aliphatic carbocycles. The number of ether oxygens (including phenoxy) is 3. The van der Waals surface area contributed by atoms with Crippen LogP contribution < -0.4 is 14.2 Å². The van der Waals surface area contributed by atoms with Crippen LogP contribution in [0.15, 0.2) is 24.5 Å². The van der Waals surface area contributed by atoms with Gasteiger partial charge in [-0.15, -0.1) is 0 Å². The number of methoxy groups -OCH3 is 3. The number of fused-ring (bicyclic) bond motifs is 1. The highest BCUT2D eigenvalue weighted by Gasteiger charge is 2.17. The molecule has 0 spiro atoms. The molecular formula is C20H23N3O4. The average Bonchev–Trinajstić information content (AvgIpc) is 3.08. The number of carbonyl (C=O) groups excluding carboxylic acids is 1. The molecule has 1 aromatic carbocycles. The average molecular weight is 369 g/mol. The van der Waals surface area contributed by atoms with Gasteiger partial charge in [0, 0.05) is 29.7 Å². The number of carbonyl (C=O) groups is 1. The van der Waals surface area contributed by atoms with Gasteiger partial charge in [0.05, 0.1) is 33.2 Å². The van der Waals surface area contributed by atoms with Crippen LogP contribution in [0.2, 0.25) is 0 Å². The van der Waals surface area contributed by atoms with Crippen molar-refractivity contribution in [1.82, 2.24) is 15.0 Å². The van der Waals surface area contributed by atoms with E-state index in [0.717, 1.165) is 11.1 Å². The predicted molar refractivity (Wildman–Crippen MR) is 103 cm³/mol. The zero-order valence-corrected chi connectivity index (χ0v) is 16.1. The molecule has 2 aromatic heterocycles. The Morgan fingerprint density at radius 2 is 1.78 bits per heavy atom. The summed E-state index contributed by atoms with van der Waals surface area (Å²) in [7, 11) is 4.69. The van der Waals surface area contributed by atoms with Crippen LogP contribution in [0.4, 0.5) is 0 Å². The van der Waals surface area contributed by atoms with Crippen LogP contribution in [-0.4, -0.2) is 42.1 Å². The van der Waals surface area contributed by atoms with E-state index in [2.05, 4.69) is 9.97 Å². The van der Waals surface area contributed by atoms with Gasteiger partial charge >= 0.3 is 0 Å². The Bertz CT molecular complexity index is 954. The minimum Gasteiger partial charge on any atom is -0.493 e. The molecule has 0 aliphatic heterocycles. The summed E-state index contributed by atoms with van der Waals surface area (Å²) in [6, 6.07) is 3.64. The number of Topliss-reactive ketones (excluding diaryl/α,β-unsaturated/α-hetero) is 1. The van der Waals surface area contributed by atoms with Gasteiger partial charge in [-0.1, -0.05) is 13.8 Å². The van der Waals surface area contributed by atoms with Crippen molar-refractivity contribution in [1.29, 1.82) is 0 Å². The number of nitrogens with zero attached hydrogens (tertiary/aromatic N) is 2. The molecule has 3 rings (SSSR count). The first-order valence-electron chi connectivity index (χ1n) is 8.64. The van der Waals surface area contributed by atoms with Gasteiger partial charge in [-0.25, -0.2) is 9.97 Å². The predicted octanol–water partition coefficient (Wildman–Crippen LogP) is 3.42. The maximum absolute atomic E-state index is 12.1. The molecule has 3 aromatic rings. The minimum absolute atomic E-state index is 0.0267. The van der Waals surface area contributed by atoms with Gasteiger partial charge in [0.25, 0.3) is 0 Å². The Morgan fingerprint density at radius 1 is 1.11 bits per heavy atom. The molecule has 7 heteroatoms. The number of benzene rings is 1. The molecular weight excluding hydrogens is 346 g/mol. The summed E-state index contributed by atoms with van der Waals surface area (Å²) < 4.78 is 16.2. The van der Waals surface area contributed by atoms with Gasteiger partial charge in [-0.2, -0.15) is 0 Å². The number of aromatic nitrogens is 3. The number of aromatic amines is 1. The third kappa shape index (κ3) is 3.58. The van der Waals surface area contributed by atoms with E-state index in [-0.39, 0.29) is 11.7 Å². The molecule has 0 atom stereocenters. The molecule has 7 nitrogen and oxygen atoms in total. The fourth-order valence-corrected chi connectivity index (χ4v) is 2.84. The number of hydrogen-bond donors (Lipinski definition) is 1. The Morgan fingerprint density at radius 3 is 2.33 bits per heavy atom. The highest BCUT2D eigenvalue weighted by Crippen LogP contribution is 2.40. The molecule has 0 saturated heterocycles. The second-order valence-corrected chi connectivity index (χ2v) is 6.48. The van der Waals surface area contributed by atoms with Crippen molar-refractivity contribution >= 4 is 16.9 Å². The van der Waals surface area contributed by atoms with Crippen molar-refractivity contribution in [2.75, 3.05) is 21.3 Å². The van der Waals surface area contributed by atoms with Crippen molar-refractivity contribution < 1.29 is 19.0 Å². The fourth-order valence-electron chi connectivity index (χ4n) is 2.84. The van der Waals surface area contributed by atoms with Crippen LogP contribution in [0.25, 0.3) is 22.4 Å². The summed E-state index contributed by atoms with van der Waals surface area (Å²) in [5, 5.41) is 0. The smallest absolute Gasteiger partial charge is 0.203 e. The van der Waals surface area contributed by atoms with E-state index < -0.39 is 0 Å². The minimum atomic E-state index is -0.0267. The highest BCUT2D eigenvalue weighted by atomic mass is 16.5. The van der Waals surface area contributed by atoms with Crippen LogP contribution in [-0.2, 0) is 11.2 Å². The summed E-state index contributed by atoms with van der Waals surface area (Å²) in [6.45, 7) is 3.79. The van der Waals surface area contributed by atoms with Gasteiger partial charge < -0.3 is 19.2 Å². The third-order valence-corrected chi connectivity index (χ3v) is 4.43. The topological polar surface area (TPSA) is 86.3 Å². The van der Waals surface area contributed by atoms with E-state index in [1.807, 2.05) is 26.0 Å². The van der Waals surface area contributed by atoms with Crippen molar-refractivity contribution in [3.63, 3.8) is 0 Å². The number of hydrogen-bond acceptors (Lipinski definition) is 6. The molecule has 0 amide bonds. The molecule has 0 unspecified atom stereocenters. The van der Waals surface area contributed by atoms with E-state index in [9.17, 15) is 4.79 Å². The molecule has 0 saturated carbocycles. The fraction of sp³-hybridized carbons (Fsp3) is 0.350. The molecule has 2 heterocycles. The number of H-pyrrole nitrogens is 1. The van der Waals surface area contributed by atoms with Crippen molar-refractivity contribution in [2.24, 2.45) is 5.92 Å². The largest absolute Gasteiger partial charge is 0.493 e. The second kappa shape index (κ2) is 7.65. The van der Waals surface area contributed by atoms with Crippen LogP contribution in [0, 0.1) is 5.92 Å². The lowest BCUT2D eigenvalue weighted by Crippen LogP contribution is -2.10. The van der Waals surface area contributed by atoms with Gasteiger partial charge in [0.15, 0.2) is 17.1 Å². The van der Waals surface area contributed by atoms with Crippen LogP contribution in [0.5, 0.6) is 17.2 Å². The summed E-state index contributed by atoms with van der Waals surface area (Å²) in [5.41, 5.74) is 3.61. The summed E-state index contributed by atoms with van der Waals surface area (Å²) in [4.78, 5) is 24.4. The van der Waals surface area contributed by atoms with Crippen molar-refractivity contribution in [3.8, 4) is 28.5 Å². The molecule has 142 valence electrons. The van der Waals surface area contributed by atoms with E-state index in [1.54, 1.807) is 33.7 Å². The monoisotopic (exact) mass is 369 g/mol. The highest BCUT2D eigenvalue weighted by molar-refractivity contribution is 5.88. The molecule has 0 fully saturated rings. The van der Waals surface area contributed by atoms with Crippen LogP contribution in [0.1, 0.15) is 19.4 Å².